The van der Waals surface area contributed by atoms with E-state index >= 15 is 0 Å². The number of ether oxygens (including phenoxy) is 1. The minimum Gasteiger partial charge on any atom is -0.458 e. The zero-order valence-electron chi connectivity index (χ0n) is 21.9. The quantitative estimate of drug-likeness (QED) is 0.388. The molecule has 6 atom stereocenters. The summed E-state index contributed by atoms with van der Waals surface area (Å²) in [5.74, 6) is 0.235. The van der Waals surface area contributed by atoms with Crippen LogP contribution in [0.15, 0.2) is 29.8 Å². The molecule has 0 bridgehead atoms. The highest BCUT2D eigenvalue weighted by Gasteiger charge is 2.53. The van der Waals surface area contributed by atoms with Crippen LogP contribution in [0, 0.1) is 30.1 Å². The second-order valence-corrected chi connectivity index (χ2v) is 11.5. The molecule has 1 N–H and O–H groups in total. The van der Waals surface area contributed by atoms with Gasteiger partial charge in [0, 0.05) is 57.7 Å². The van der Waals surface area contributed by atoms with Gasteiger partial charge in [-0.25, -0.2) is 0 Å². The van der Waals surface area contributed by atoms with Crippen molar-refractivity contribution in [1.82, 2.24) is 4.90 Å². The van der Waals surface area contributed by atoms with E-state index in [2.05, 4.69) is 24.8 Å². The lowest BCUT2D eigenvalue weighted by Gasteiger charge is -2.53. The van der Waals surface area contributed by atoms with Crippen LogP contribution in [0.25, 0.3) is 0 Å². The van der Waals surface area contributed by atoms with Gasteiger partial charge in [-0.3, -0.25) is 9.69 Å². The van der Waals surface area contributed by atoms with Gasteiger partial charge in [-0.05, 0) is 61.3 Å². The number of rotatable bonds is 5. The molecule has 1 heterocycles. The van der Waals surface area contributed by atoms with Crippen molar-refractivity contribution in [1.29, 1.82) is 0 Å². The summed E-state index contributed by atoms with van der Waals surface area (Å²) >= 11 is 5.79. The van der Waals surface area contributed by atoms with Gasteiger partial charge in [0.1, 0.15) is 6.10 Å². The number of alkyl halides is 3. The molecule has 1 aliphatic heterocycles. The molecule has 0 amide bonds. The van der Waals surface area contributed by atoms with E-state index in [-0.39, 0.29) is 28.7 Å². The maximum absolute atomic E-state index is 13.3. The zero-order chi connectivity index (χ0) is 27.1. The fraction of sp³-hybridized carbons (Fsp3) is 0.643. The molecule has 2 fully saturated rings. The summed E-state index contributed by atoms with van der Waals surface area (Å²) in [5, 5.41) is 11.5. The number of nitrogens with zero attached hydrogens (tertiary/aromatic N) is 2. The van der Waals surface area contributed by atoms with Crippen LogP contribution in [0.2, 0.25) is 5.02 Å². The van der Waals surface area contributed by atoms with Gasteiger partial charge in [-0.2, -0.15) is 13.2 Å². The Balaban J connectivity index is 1.40. The standard InChI is InChI=1S/C28H37ClF3N2O3/c1-17-13-23-22(7-5-19(3)27(23,36)15-26(17)37-20(4)35)18(2)16-33-9-11-34(12-10-33)21-6-8-25(29)24(14-21)28(30,31)32/h6,8,13-15,18-19,22-23,26,36H,5,7,9-12,16H2,1-4H3/t18?,19-,22+,23-,26-,27-/m1/s1. The summed E-state index contributed by atoms with van der Waals surface area (Å²) in [6.07, 6.45) is 0.860. The van der Waals surface area contributed by atoms with Crippen molar-refractivity contribution < 1.29 is 27.8 Å². The molecular formula is C28H37ClF3N2O3. The van der Waals surface area contributed by atoms with E-state index in [1.165, 1.54) is 13.0 Å². The Bertz CT molecular complexity index is 1020. The first-order chi connectivity index (χ1) is 17.3. The normalized spacial score (nSPS) is 31.9. The third-order valence-corrected chi connectivity index (χ3v) is 8.92. The van der Waals surface area contributed by atoms with Crippen molar-refractivity contribution in [2.24, 2.45) is 23.7 Å². The number of anilines is 1. The molecule has 0 aromatic heterocycles. The number of hydrogen-bond donors (Lipinski definition) is 1. The van der Waals surface area contributed by atoms with Gasteiger partial charge < -0.3 is 14.7 Å². The number of benzene rings is 1. The molecule has 205 valence electrons. The first kappa shape index (κ1) is 28.2. The van der Waals surface area contributed by atoms with Crippen LogP contribution in [-0.4, -0.2) is 60.4 Å². The highest BCUT2D eigenvalue weighted by Crippen LogP contribution is 2.51. The molecule has 4 rings (SSSR count). The predicted molar refractivity (Wildman–Crippen MR) is 138 cm³/mol. The van der Waals surface area contributed by atoms with Gasteiger partial charge in [-0.15, -0.1) is 0 Å². The summed E-state index contributed by atoms with van der Waals surface area (Å²) in [6.45, 7) is 11.2. The van der Waals surface area contributed by atoms with Crippen molar-refractivity contribution in [3.63, 3.8) is 0 Å². The average Bonchev–Trinajstić information content (AvgIpc) is 2.81. The number of esters is 1. The highest BCUT2D eigenvalue weighted by molar-refractivity contribution is 6.31. The van der Waals surface area contributed by atoms with E-state index < -0.39 is 23.4 Å². The van der Waals surface area contributed by atoms with Crippen LogP contribution in [0.3, 0.4) is 0 Å². The maximum Gasteiger partial charge on any atom is 0.417 e. The van der Waals surface area contributed by atoms with Crippen LogP contribution in [-0.2, 0) is 15.7 Å². The van der Waals surface area contributed by atoms with E-state index in [1.807, 2.05) is 18.2 Å². The minimum absolute atomic E-state index is 0.0470. The first-order valence-electron chi connectivity index (χ1n) is 13.1. The van der Waals surface area contributed by atoms with Gasteiger partial charge in [0.15, 0.2) is 0 Å². The van der Waals surface area contributed by atoms with Crippen molar-refractivity contribution >= 4 is 23.3 Å². The average molecular weight is 542 g/mol. The second kappa shape index (κ2) is 10.8. The second-order valence-electron chi connectivity index (χ2n) is 11.1. The first-order valence-corrected chi connectivity index (χ1v) is 13.5. The van der Waals surface area contributed by atoms with Crippen molar-refractivity contribution in [2.45, 2.75) is 58.4 Å². The fourth-order valence-electron chi connectivity index (χ4n) is 6.41. The fourth-order valence-corrected chi connectivity index (χ4v) is 6.64. The Morgan fingerprint density at radius 2 is 1.92 bits per heavy atom. The van der Waals surface area contributed by atoms with Crippen molar-refractivity contribution in [2.75, 3.05) is 37.6 Å². The van der Waals surface area contributed by atoms with Crippen molar-refractivity contribution in [3.05, 3.63) is 46.9 Å². The SMILES string of the molecule is CC(=O)O[C@@H]1[CH][C@@]2(O)[C@H](C)CC[C@@H](C(C)CN3CCN(c4ccc(Cl)c(C(F)(F)F)c4)CC3)[C@H]2C=C1C. The predicted octanol–water partition coefficient (Wildman–Crippen LogP) is 5.61. The zero-order valence-corrected chi connectivity index (χ0v) is 22.6. The molecule has 0 spiro atoms. The number of carbonyl (C=O) groups excluding carboxylic acids is 1. The Morgan fingerprint density at radius 3 is 2.54 bits per heavy atom. The number of carbonyl (C=O) groups is 1. The summed E-state index contributed by atoms with van der Waals surface area (Å²) in [5.41, 5.74) is -0.340. The van der Waals surface area contributed by atoms with E-state index in [0.29, 0.717) is 24.7 Å². The number of fused-ring (bicyclic) bond motifs is 1. The lowest BCUT2D eigenvalue weighted by Crippen LogP contribution is -2.57. The summed E-state index contributed by atoms with van der Waals surface area (Å²) < 4.78 is 45.3. The summed E-state index contributed by atoms with van der Waals surface area (Å²) in [4.78, 5) is 15.9. The summed E-state index contributed by atoms with van der Waals surface area (Å²) in [6, 6.07) is 4.11. The van der Waals surface area contributed by atoms with Crippen LogP contribution in [0.5, 0.6) is 0 Å². The van der Waals surface area contributed by atoms with Crippen LogP contribution in [0.1, 0.15) is 46.1 Å². The third-order valence-electron chi connectivity index (χ3n) is 8.59. The molecule has 1 saturated heterocycles. The van der Waals surface area contributed by atoms with Gasteiger partial charge in [0.05, 0.1) is 16.2 Å². The van der Waals surface area contributed by atoms with Gasteiger partial charge in [0.2, 0.25) is 0 Å². The molecule has 1 saturated carbocycles. The Hall–Kier alpha value is -1.77. The Morgan fingerprint density at radius 1 is 1.24 bits per heavy atom. The van der Waals surface area contributed by atoms with Crippen molar-refractivity contribution in [3.8, 4) is 0 Å². The van der Waals surface area contributed by atoms with E-state index in [9.17, 15) is 23.1 Å². The number of piperazine rings is 1. The molecular weight excluding hydrogens is 505 g/mol. The molecule has 1 unspecified atom stereocenters. The van der Waals surface area contributed by atoms with Gasteiger partial charge >= 0.3 is 12.1 Å². The van der Waals surface area contributed by atoms with Crippen LogP contribution < -0.4 is 4.90 Å². The molecule has 37 heavy (non-hydrogen) atoms. The number of halogens is 4. The molecule has 1 radical (unpaired) electrons. The molecule has 3 aliphatic rings. The maximum atomic E-state index is 13.3. The highest BCUT2D eigenvalue weighted by atomic mass is 35.5. The molecule has 2 aliphatic carbocycles. The Labute approximate surface area is 222 Å². The molecule has 9 heteroatoms. The van der Waals surface area contributed by atoms with Gasteiger partial charge in [0.25, 0.3) is 0 Å². The molecule has 1 aromatic rings. The minimum atomic E-state index is -4.48. The third kappa shape index (κ3) is 5.96. The van der Waals surface area contributed by atoms with Gasteiger partial charge in [-0.1, -0.05) is 31.5 Å². The Kier molecular flexibility index (Phi) is 8.22. The topological polar surface area (TPSA) is 53.0 Å². The van der Waals surface area contributed by atoms with E-state index in [0.717, 1.165) is 44.1 Å². The number of aliphatic hydroxyl groups is 1. The monoisotopic (exact) mass is 541 g/mol. The lowest BCUT2D eigenvalue weighted by molar-refractivity contribution is -0.148. The molecule has 5 nitrogen and oxygen atoms in total. The van der Waals surface area contributed by atoms with E-state index in [4.69, 9.17) is 16.3 Å². The summed E-state index contributed by atoms with van der Waals surface area (Å²) in [7, 11) is 0. The largest absolute Gasteiger partial charge is 0.458 e. The van der Waals surface area contributed by atoms with E-state index in [1.54, 1.807) is 6.07 Å². The van der Waals surface area contributed by atoms with Crippen LogP contribution in [0.4, 0.5) is 18.9 Å². The number of hydrogen-bond acceptors (Lipinski definition) is 5. The molecule has 1 aromatic carbocycles. The smallest absolute Gasteiger partial charge is 0.417 e. The van der Waals surface area contributed by atoms with Crippen LogP contribution >= 0.6 is 11.6 Å². The lowest BCUT2D eigenvalue weighted by atomic mass is 9.57.